The number of para-hydroxylation sites is 1. The molecule has 1 unspecified atom stereocenters. The van der Waals surface area contributed by atoms with E-state index in [4.69, 9.17) is 0 Å². The van der Waals surface area contributed by atoms with Crippen LogP contribution in [0.5, 0.6) is 0 Å². The van der Waals surface area contributed by atoms with Gasteiger partial charge in [0.1, 0.15) is 0 Å². The van der Waals surface area contributed by atoms with Crippen molar-refractivity contribution in [2.24, 2.45) is 11.3 Å². The number of aromatic nitrogens is 1. The highest BCUT2D eigenvalue weighted by molar-refractivity contribution is 5.99. The number of fused-ring (bicyclic) bond motifs is 1. The Balaban J connectivity index is 2.02. The van der Waals surface area contributed by atoms with Gasteiger partial charge in [0, 0.05) is 23.5 Å². The van der Waals surface area contributed by atoms with Gasteiger partial charge < -0.3 is 15.7 Å². The predicted octanol–water partition coefficient (Wildman–Crippen LogP) is 3.40. The molecule has 5 heteroatoms. The monoisotopic (exact) mass is 315 g/mol. The summed E-state index contributed by atoms with van der Waals surface area (Å²) >= 11 is 0. The minimum Gasteiger partial charge on any atom is -0.392 e. The third-order valence-electron chi connectivity index (χ3n) is 4.02. The number of aliphatic hydroxyl groups excluding tert-OH is 1. The van der Waals surface area contributed by atoms with Crippen LogP contribution in [0.15, 0.2) is 36.5 Å². The second-order valence-corrected chi connectivity index (χ2v) is 6.87. The first kappa shape index (κ1) is 17.2. The predicted molar refractivity (Wildman–Crippen MR) is 93.4 cm³/mol. The highest BCUT2D eigenvalue weighted by atomic mass is 16.3. The van der Waals surface area contributed by atoms with Gasteiger partial charge in [0.15, 0.2) is 0 Å². The van der Waals surface area contributed by atoms with Crippen molar-refractivity contribution in [1.82, 2.24) is 10.3 Å². The van der Waals surface area contributed by atoms with Crippen LogP contribution in [-0.2, 0) is 0 Å². The lowest BCUT2D eigenvalue weighted by Crippen LogP contribution is -2.44. The number of rotatable bonds is 5. The van der Waals surface area contributed by atoms with Crippen LogP contribution < -0.4 is 10.6 Å². The number of carbonyl (C=O) groups excluding carboxylic acids is 1. The quantitative estimate of drug-likeness (QED) is 0.791. The number of hydrogen-bond donors (Lipinski definition) is 3. The van der Waals surface area contributed by atoms with Crippen LogP contribution in [0.1, 0.15) is 27.7 Å². The van der Waals surface area contributed by atoms with Gasteiger partial charge in [-0.05, 0) is 18.1 Å². The molecule has 1 aromatic carbocycles. The third kappa shape index (κ3) is 4.20. The van der Waals surface area contributed by atoms with Gasteiger partial charge in [0.05, 0.1) is 17.3 Å². The lowest BCUT2D eigenvalue weighted by Gasteiger charge is -2.33. The van der Waals surface area contributed by atoms with Crippen molar-refractivity contribution in [3.05, 3.63) is 36.5 Å². The highest BCUT2D eigenvalue weighted by Crippen LogP contribution is 2.25. The molecule has 2 rings (SSSR count). The van der Waals surface area contributed by atoms with Crippen molar-refractivity contribution < 1.29 is 9.90 Å². The minimum absolute atomic E-state index is 0.136. The summed E-state index contributed by atoms with van der Waals surface area (Å²) in [5, 5.41) is 16.9. The van der Waals surface area contributed by atoms with Gasteiger partial charge in [-0.2, -0.15) is 0 Å². The smallest absolute Gasteiger partial charge is 0.319 e. The van der Waals surface area contributed by atoms with Crippen LogP contribution in [0.4, 0.5) is 10.5 Å². The van der Waals surface area contributed by atoms with E-state index in [2.05, 4.69) is 15.6 Å². The number of aliphatic hydroxyl groups is 1. The van der Waals surface area contributed by atoms with E-state index in [9.17, 15) is 9.90 Å². The van der Waals surface area contributed by atoms with Crippen LogP contribution >= 0.6 is 0 Å². The zero-order valence-electron chi connectivity index (χ0n) is 14.1. The summed E-state index contributed by atoms with van der Waals surface area (Å²) in [5.41, 5.74) is 1.03. The van der Waals surface area contributed by atoms with Crippen molar-refractivity contribution in [3.8, 4) is 0 Å². The summed E-state index contributed by atoms with van der Waals surface area (Å²) in [6.07, 6.45) is 1.22. The van der Waals surface area contributed by atoms with Crippen LogP contribution in [-0.4, -0.2) is 28.8 Å². The molecule has 124 valence electrons. The molecule has 5 nitrogen and oxygen atoms in total. The van der Waals surface area contributed by atoms with Gasteiger partial charge in [0.2, 0.25) is 0 Å². The Morgan fingerprint density at radius 2 is 1.96 bits per heavy atom. The lowest BCUT2D eigenvalue weighted by atomic mass is 9.81. The van der Waals surface area contributed by atoms with Gasteiger partial charge in [-0.25, -0.2) is 4.79 Å². The van der Waals surface area contributed by atoms with E-state index < -0.39 is 11.5 Å². The topological polar surface area (TPSA) is 74.2 Å². The Morgan fingerprint density at radius 3 is 2.65 bits per heavy atom. The normalized spacial score (nSPS) is 13.1. The van der Waals surface area contributed by atoms with Gasteiger partial charge in [0.25, 0.3) is 0 Å². The molecule has 23 heavy (non-hydrogen) atoms. The van der Waals surface area contributed by atoms with Crippen molar-refractivity contribution >= 4 is 22.6 Å². The average Bonchev–Trinajstić information content (AvgIpc) is 2.52. The van der Waals surface area contributed by atoms with Gasteiger partial charge >= 0.3 is 6.03 Å². The average molecular weight is 315 g/mol. The minimum atomic E-state index is -0.484. The molecular weight excluding hydrogens is 290 g/mol. The van der Waals surface area contributed by atoms with E-state index in [1.54, 1.807) is 6.20 Å². The van der Waals surface area contributed by atoms with E-state index in [1.807, 2.05) is 58.0 Å². The fourth-order valence-electron chi connectivity index (χ4n) is 2.69. The fraction of sp³-hybridized carbons (Fsp3) is 0.444. The molecule has 0 radical (unpaired) electrons. The first-order valence-corrected chi connectivity index (χ1v) is 7.88. The number of nitrogens with zero attached hydrogens (tertiary/aromatic N) is 1. The molecule has 0 bridgehead atoms. The van der Waals surface area contributed by atoms with Crippen LogP contribution in [0, 0.1) is 11.3 Å². The number of urea groups is 1. The zero-order chi connectivity index (χ0) is 17.0. The largest absolute Gasteiger partial charge is 0.392 e. The highest BCUT2D eigenvalue weighted by Gasteiger charge is 2.30. The van der Waals surface area contributed by atoms with Crippen molar-refractivity contribution in [2.75, 3.05) is 11.9 Å². The maximum atomic E-state index is 12.2. The summed E-state index contributed by atoms with van der Waals surface area (Å²) < 4.78 is 0. The van der Waals surface area contributed by atoms with E-state index in [-0.39, 0.29) is 11.9 Å². The molecule has 0 aliphatic rings. The number of hydrogen-bond acceptors (Lipinski definition) is 3. The molecule has 0 fully saturated rings. The zero-order valence-corrected chi connectivity index (χ0v) is 14.1. The molecule has 1 heterocycles. The van der Waals surface area contributed by atoms with Crippen LogP contribution in [0.2, 0.25) is 0 Å². The van der Waals surface area contributed by atoms with Gasteiger partial charge in [-0.3, -0.25) is 4.98 Å². The molecule has 1 atom stereocenters. The Labute approximate surface area is 137 Å². The summed E-state index contributed by atoms with van der Waals surface area (Å²) in [4.78, 5) is 16.5. The summed E-state index contributed by atoms with van der Waals surface area (Å²) in [5.74, 6) is 0.136. The van der Waals surface area contributed by atoms with E-state index in [0.29, 0.717) is 12.2 Å². The number of amides is 2. The first-order valence-electron chi connectivity index (χ1n) is 7.88. The molecule has 0 saturated heterocycles. The Hall–Kier alpha value is -2.14. The second-order valence-electron chi connectivity index (χ2n) is 6.87. The Morgan fingerprint density at radius 1 is 1.26 bits per heavy atom. The van der Waals surface area contributed by atoms with E-state index in [1.165, 1.54) is 0 Å². The van der Waals surface area contributed by atoms with Gasteiger partial charge in [-0.1, -0.05) is 45.9 Å². The van der Waals surface area contributed by atoms with Crippen molar-refractivity contribution in [1.29, 1.82) is 0 Å². The summed E-state index contributed by atoms with van der Waals surface area (Å²) in [7, 11) is 0. The fourth-order valence-corrected chi connectivity index (χ4v) is 2.69. The Bertz CT molecular complexity index is 678. The van der Waals surface area contributed by atoms with E-state index in [0.717, 1.165) is 10.9 Å². The molecule has 2 aromatic rings. The molecule has 0 aliphatic heterocycles. The molecule has 0 spiro atoms. The lowest BCUT2D eigenvalue weighted by molar-refractivity contribution is 0.0154. The standard InChI is InChI=1S/C18H25N3O2/c1-12(2)16(22)18(3,4)11-20-17(23)21-14-9-5-7-13-8-6-10-19-15(13)14/h5-10,12,16,22H,11H2,1-4H3,(H2,20,21,23). The maximum absolute atomic E-state index is 12.2. The SMILES string of the molecule is CC(C)C(O)C(C)(C)CNC(=O)Nc1cccc2cccnc12. The van der Waals surface area contributed by atoms with Gasteiger partial charge in [-0.15, -0.1) is 0 Å². The molecule has 0 aliphatic carbocycles. The van der Waals surface area contributed by atoms with Crippen molar-refractivity contribution in [2.45, 2.75) is 33.8 Å². The van der Waals surface area contributed by atoms with Crippen LogP contribution in [0.25, 0.3) is 10.9 Å². The Kier molecular flexibility index (Phi) is 5.21. The molecule has 2 amide bonds. The molecule has 0 saturated carbocycles. The molecule has 3 N–H and O–H groups in total. The number of pyridine rings is 1. The molecule has 1 aromatic heterocycles. The second kappa shape index (κ2) is 6.96. The number of anilines is 1. The number of carbonyl (C=O) groups is 1. The van der Waals surface area contributed by atoms with Crippen molar-refractivity contribution in [3.63, 3.8) is 0 Å². The maximum Gasteiger partial charge on any atom is 0.319 e. The number of nitrogens with one attached hydrogen (secondary N) is 2. The summed E-state index contributed by atoms with van der Waals surface area (Å²) in [6.45, 7) is 8.20. The third-order valence-corrected chi connectivity index (χ3v) is 4.02. The van der Waals surface area contributed by atoms with E-state index >= 15 is 0 Å². The first-order chi connectivity index (χ1) is 10.8. The van der Waals surface area contributed by atoms with Crippen LogP contribution in [0.3, 0.4) is 0 Å². The number of benzene rings is 1. The molecular formula is C18H25N3O2. The summed E-state index contributed by atoms with van der Waals surface area (Å²) in [6, 6.07) is 9.17.